The molecule has 2 aromatic rings. The van der Waals surface area contributed by atoms with Crippen molar-refractivity contribution in [1.82, 2.24) is 24.6 Å². The average Bonchev–Trinajstić information content (AvgIpc) is 3.13. The minimum Gasteiger partial charge on any atom is -0.341 e. The second-order valence-electron chi connectivity index (χ2n) is 5.96. The fourth-order valence-corrected chi connectivity index (χ4v) is 3.56. The van der Waals surface area contributed by atoms with Crippen LogP contribution in [0.3, 0.4) is 0 Å². The lowest BCUT2D eigenvalue weighted by Crippen LogP contribution is -2.35. The summed E-state index contributed by atoms with van der Waals surface area (Å²) in [6.07, 6.45) is 8.13. The molecule has 0 atom stereocenters. The lowest BCUT2D eigenvalue weighted by atomic mass is 10.2. The number of aromatic nitrogens is 3. The molecule has 6 nitrogen and oxygen atoms in total. The van der Waals surface area contributed by atoms with Gasteiger partial charge in [0, 0.05) is 76.0 Å². The molecule has 0 aromatic carbocycles. The Bertz CT molecular complexity index is 624. The van der Waals surface area contributed by atoms with Gasteiger partial charge in [0.15, 0.2) is 0 Å². The lowest BCUT2D eigenvalue weighted by molar-refractivity contribution is -0.131. The highest BCUT2D eigenvalue weighted by atomic mass is 32.1. The minimum atomic E-state index is 0.253. The molecule has 0 saturated carbocycles. The molecule has 1 saturated heterocycles. The molecule has 0 bridgehead atoms. The van der Waals surface area contributed by atoms with Crippen LogP contribution in [0.25, 0.3) is 0 Å². The highest BCUT2D eigenvalue weighted by Gasteiger charge is 2.19. The molecule has 3 heterocycles. The Morgan fingerprint density at radius 3 is 2.96 bits per heavy atom. The molecular weight excluding hydrogens is 310 g/mol. The van der Waals surface area contributed by atoms with Crippen LogP contribution in [0.5, 0.6) is 0 Å². The number of rotatable bonds is 5. The summed E-state index contributed by atoms with van der Waals surface area (Å²) in [5.41, 5.74) is 1.23. The summed E-state index contributed by atoms with van der Waals surface area (Å²) in [6.45, 7) is 4.55. The summed E-state index contributed by atoms with van der Waals surface area (Å²) in [7, 11) is 1.94. The number of carbonyl (C=O) groups is 1. The molecule has 0 N–H and O–H groups in total. The largest absolute Gasteiger partial charge is 0.341 e. The number of aryl methyl sites for hydroxylation is 2. The molecule has 0 spiro atoms. The first-order valence-electron chi connectivity index (χ1n) is 8.07. The highest BCUT2D eigenvalue weighted by molar-refractivity contribution is 7.09. The quantitative estimate of drug-likeness (QED) is 0.833. The van der Waals surface area contributed by atoms with Crippen molar-refractivity contribution in [2.24, 2.45) is 7.05 Å². The van der Waals surface area contributed by atoms with Crippen molar-refractivity contribution < 1.29 is 4.79 Å². The van der Waals surface area contributed by atoms with Gasteiger partial charge in [0.05, 0.1) is 11.2 Å². The Hall–Kier alpha value is -1.73. The Labute approximate surface area is 140 Å². The maximum absolute atomic E-state index is 12.4. The van der Waals surface area contributed by atoms with E-state index < -0.39 is 0 Å². The van der Waals surface area contributed by atoms with E-state index in [9.17, 15) is 4.79 Å². The fraction of sp³-hybridized carbons (Fsp3) is 0.562. The summed E-state index contributed by atoms with van der Waals surface area (Å²) in [5.74, 6) is 0.253. The molecule has 1 amide bonds. The smallest absolute Gasteiger partial charge is 0.223 e. The summed E-state index contributed by atoms with van der Waals surface area (Å²) >= 11 is 1.62. The van der Waals surface area contributed by atoms with E-state index in [1.165, 1.54) is 5.56 Å². The third-order valence-corrected chi connectivity index (χ3v) is 4.98. The SMILES string of the molecule is Cn1cc(CN2CCCN(C(=O)CCc3nccs3)CC2)cn1. The minimum absolute atomic E-state index is 0.253. The molecular formula is C16H23N5OS. The maximum atomic E-state index is 12.4. The van der Waals surface area contributed by atoms with Crippen molar-refractivity contribution in [2.75, 3.05) is 26.2 Å². The molecule has 1 aliphatic rings. The molecule has 0 aliphatic carbocycles. The van der Waals surface area contributed by atoms with Crippen molar-refractivity contribution >= 4 is 17.2 Å². The monoisotopic (exact) mass is 333 g/mol. The van der Waals surface area contributed by atoms with Gasteiger partial charge in [0.25, 0.3) is 0 Å². The summed E-state index contributed by atoms with van der Waals surface area (Å²) in [5, 5.41) is 7.23. The molecule has 1 aliphatic heterocycles. The molecule has 1 fully saturated rings. The van der Waals surface area contributed by atoms with Gasteiger partial charge in [-0.1, -0.05) is 0 Å². The van der Waals surface area contributed by atoms with E-state index in [1.807, 2.05) is 28.2 Å². The molecule has 2 aromatic heterocycles. The van der Waals surface area contributed by atoms with Crippen molar-refractivity contribution in [3.05, 3.63) is 34.5 Å². The third-order valence-electron chi connectivity index (χ3n) is 4.14. The topological polar surface area (TPSA) is 54.3 Å². The van der Waals surface area contributed by atoms with Gasteiger partial charge in [-0.15, -0.1) is 11.3 Å². The van der Waals surface area contributed by atoms with Gasteiger partial charge in [-0.2, -0.15) is 5.10 Å². The van der Waals surface area contributed by atoms with Crippen molar-refractivity contribution in [3.8, 4) is 0 Å². The van der Waals surface area contributed by atoms with Crippen LogP contribution < -0.4 is 0 Å². The number of hydrogen-bond acceptors (Lipinski definition) is 5. The summed E-state index contributed by atoms with van der Waals surface area (Å²) in [6, 6.07) is 0. The molecule has 124 valence electrons. The van der Waals surface area contributed by atoms with Crippen LogP contribution in [0.4, 0.5) is 0 Å². The fourth-order valence-electron chi connectivity index (χ4n) is 2.94. The zero-order valence-electron chi connectivity index (χ0n) is 13.5. The van der Waals surface area contributed by atoms with Crippen LogP contribution in [0, 0.1) is 0 Å². The standard InChI is InChI=1S/C16H23N5OS/c1-19-12-14(11-18-19)13-20-6-2-7-21(9-8-20)16(22)4-3-15-17-5-10-23-15/h5,10-12H,2-4,6-9,13H2,1H3. The molecule has 3 rings (SSSR count). The first-order valence-corrected chi connectivity index (χ1v) is 8.95. The maximum Gasteiger partial charge on any atom is 0.223 e. The van der Waals surface area contributed by atoms with E-state index in [4.69, 9.17) is 0 Å². The highest BCUT2D eigenvalue weighted by Crippen LogP contribution is 2.12. The first-order chi connectivity index (χ1) is 11.2. The number of amides is 1. The Morgan fingerprint density at radius 1 is 1.30 bits per heavy atom. The normalized spacial score (nSPS) is 16.5. The molecule has 7 heteroatoms. The number of thiazole rings is 1. The Morgan fingerprint density at radius 2 is 2.22 bits per heavy atom. The van der Waals surface area contributed by atoms with Gasteiger partial charge in [-0.3, -0.25) is 14.4 Å². The third kappa shape index (κ3) is 4.62. The second-order valence-corrected chi connectivity index (χ2v) is 6.94. The van der Waals surface area contributed by atoms with Crippen LogP contribution in [-0.2, 0) is 24.8 Å². The average molecular weight is 333 g/mol. The summed E-state index contributed by atoms with van der Waals surface area (Å²) < 4.78 is 1.83. The zero-order valence-corrected chi connectivity index (χ0v) is 14.3. The number of nitrogens with zero attached hydrogens (tertiary/aromatic N) is 5. The van der Waals surface area contributed by atoms with Gasteiger partial charge in [-0.05, 0) is 6.42 Å². The van der Waals surface area contributed by atoms with E-state index in [0.717, 1.165) is 50.6 Å². The van der Waals surface area contributed by atoms with Crippen LogP contribution in [-0.4, -0.2) is 56.7 Å². The number of carbonyl (C=O) groups excluding carboxylic acids is 1. The van der Waals surface area contributed by atoms with Gasteiger partial charge >= 0.3 is 0 Å². The van der Waals surface area contributed by atoms with E-state index >= 15 is 0 Å². The second kappa shape index (κ2) is 7.70. The van der Waals surface area contributed by atoms with Gasteiger partial charge in [0.1, 0.15) is 0 Å². The molecule has 0 radical (unpaired) electrons. The van der Waals surface area contributed by atoms with Crippen LogP contribution >= 0.6 is 11.3 Å². The predicted molar refractivity (Wildman–Crippen MR) is 90.1 cm³/mol. The van der Waals surface area contributed by atoms with E-state index in [2.05, 4.69) is 21.2 Å². The number of hydrogen-bond donors (Lipinski definition) is 0. The first kappa shape index (κ1) is 16.1. The molecule has 0 unspecified atom stereocenters. The van der Waals surface area contributed by atoms with E-state index in [1.54, 1.807) is 17.5 Å². The Balaban J connectivity index is 1.46. The van der Waals surface area contributed by atoms with E-state index in [-0.39, 0.29) is 5.91 Å². The van der Waals surface area contributed by atoms with Crippen LogP contribution in [0.2, 0.25) is 0 Å². The lowest BCUT2D eigenvalue weighted by Gasteiger charge is -2.21. The van der Waals surface area contributed by atoms with Crippen LogP contribution in [0.15, 0.2) is 24.0 Å². The van der Waals surface area contributed by atoms with Crippen LogP contribution in [0.1, 0.15) is 23.4 Å². The van der Waals surface area contributed by atoms with Crippen molar-refractivity contribution in [2.45, 2.75) is 25.8 Å². The van der Waals surface area contributed by atoms with Gasteiger partial charge in [-0.25, -0.2) is 4.98 Å². The zero-order chi connectivity index (χ0) is 16.1. The van der Waals surface area contributed by atoms with Crippen molar-refractivity contribution in [3.63, 3.8) is 0 Å². The van der Waals surface area contributed by atoms with E-state index in [0.29, 0.717) is 6.42 Å². The Kier molecular flexibility index (Phi) is 5.40. The van der Waals surface area contributed by atoms with Crippen molar-refractivity contribution in [1.29, 1.82) is 0 Å². The van der Waals surface area contributed by atoms with Gasteiger partial charge in [0.2, 0.25) is 5.91 Å². The summed E-state index contributed by atoms with van der Waals surface area (Å²) in [4.78, 5) is 21.0. The molecule has 23 heavy (non-hydrogen) atoms. The van der Waals surface area contributed by atoms with Gasteiger partial charge < -0.3 is 4.90 Å². The predicted octanol–water partition coefficient (Wildman–Crippen LogP) is 1.54.